The van der Waals surface area contributed by atoms with E-state index in [1.807, 2.05) is 0 Å². The van der Waals surface area contributed by atoms with Crippen molar-refractivity contribution >= 4 is 11.6 Å². The van der Waals surface area contributed by atoms with E-state index in [0.717, 1.165) is 0 Å². The van der Waals surface area contributed by atoms with Crippen LogP contribution in [0.25, 0.3) is 0 Å². The van der Waals surface area contributed by atoms with Crippen LogP contribution in [-0.2, 0) is 0 Å². The molecule has 0 aliphatic carbocycles. The summed E-state index contributed by atoms with van der Waals surface area (Å²) in [4.78, 5) is 3.63. The zero-order chi connectivity index (χ0) is 8.97. The molecule has 0 atom stereocenters. The highest BCUT2D eigenvalue weighted by atomic mass is 19.1. The van der Waals surface area contributed by atoms with Crippen LogP contribution in [0.4, 0.5) is 10.1 Å². The SMILES string of the molecule is NC(=Nc1cccc(F)c1)NO. The van der Waals surface area contributed by atoms with Gasteiger partial charge in [0.25, 0.3) is 0 Å². The standard InChI is InChI=1S/C7H8FN3O/c8-5-2-1-3-6(4-5)10-7(9)11-12/h1-4,12H,(H3,9,10,11). The van der Waals surface area contributed by atoms with E-state index in [4.69, 9.17) is 10.9 Å². The van der Waals surface area contributed by atoms with Crippen molar-refractivity contribution < 1.29 is 9.60 Å². The van der Waals surface area contributed by atoms with Gasteiger partial charge in [0.2, 0.25) is 5.96 Å². The first kappa shape index (κ1) is 8.48. The second-order valence-corrected chi connectivity index (χ2v) is 2.09. The Morgan fingerprint density at radius 2 is 2.33 bits per heavy atom. The van der Waals surface area contributed by atoms with E-state index in [-0.39, 0.29) is 5.96 Å². The Bertz CT molecular complexity index is 300. The summed E-state index contributed by atoms with van der Waals surface area (Å²) in [5.41, 5.74) is 7.10. The summed E-state index contributed by atoms with van der Waals surface area (Å²) in [6.45, 7) is 0. The van der Waals surface area contributed by atoms with Gasteiger partial charge in [-0.25, -0.2) is 14.9 Å². The molecule has 0 aromatic heterocycles. The van der Waals surface area contributed by atoms with Crippen LogP contribution in [0.2, 0.25) is 0 Å². The van der Waals surface area contributed by atoms with Gasteiger partial charge < -0.3 is 5.73 Å². The Kier molecular flexibility index (Phi) is 2.60. The summed E-state index contributed by atoms with van der Waals surface area (Å²) in [6.07, 6.45) is 0. The Morgan fingerprint density at radius 3 is 2.92 bits per heavy atom. The third-order valence-electron chi connectivity index (χ3n) is 1.17. The molecule has 0 heterocycles. The van der Waals surface area contributed by atoms with Gasteiger partial charge in [-0.3, -0.25) is 5.21 Å². The molecule has 0 aliphatic heterocycles. The predicted octanol–water partition coefficient (Wildman–Crippen LogP) is 0.751. The minimum Gasteiger partial charge on any atom is -0.368 e. The summed E-state index contributed by atoms with van der Waals surface area (Å²) in [5.74, 6) is -0.581. The highest BCUT2D eigenvalue weighted by Gasteiger charge is 1.93. The number of aliphatic imine (C=N–C) groups is 1. The number of nitrogens with one attached hydrogen (secondary N) is 1. The Balaban J connectivity index is 2.89. The molecule has 1 aromatic rings. The van der Waals surface area contributed by atoms with Gasteiger partial charge in [0.1, 0.15) is 5.82 Å². The maximum absolute atomic E-state index is 12.5. The zero-order valence-corrected chi connectivity index (χ0v) is 6.16. The van der Waals surface area contributed by atoms with E-state index >= 15 is 0 Å². The summed E-state index contributed by atoms with van der Waals surface area (Å²) < 4.78 is 12.5. The number of rotatable bonds is 1. The number of nitrogens with two attached hydrogens (primary N) is 1. The molecular weight excluding hydrogens is 161 g/mol. The molecule has 0 aliphatic rings. The molecule has 0 radical (unpaired) electrons. The highest BCUT2D eigenvalue weighted by molar-refractivity contribution is 5.79. The van der Waals surface area contributed by atoms with Crippen molar-refractivity contribution in [2.45, 2.75) is 0 Å². The van der Waals surface area contributed by atoms with E-state index in [9.17, 15) is 4.39 Å². The first-order valence-electron chi connectivity index (χ1n) is 3.22. The molecule has 64 valence electrons. The topological polar surface area (TPSA) is 70.6 Å². The van der Waals surface area contributed by atoms with Gasteiger partial charge in [-0.15, -0.1) is 0 Å². The fraction of sp³-hybridized carbons (Fsp3) is 0. The van der Waals surface area contributed by atoms with Crippen molar-refractivity contribution in [2.24, 2.45) is 10.7 Å². The summed E-state index contributed by atoms with van der Waals surface area (Å²) in [6, 6.07) is 5.55. The van der Waals surface area contributed by atoms with Crippen molar-refractivity contribution in [3.05, 3.63) is 30.1 Å². The maximum atomic E-state index is 12.5. The van der Waals surface area contributed by atoms with Gasteiger partial charge in [0.15, 0.2) is 0 Å². The largest absolute Gasteiger partial charge is 0.368 e. The normalized spacial score (nSPS) is 11.3. The van der Waals surface area contributed by atoms with Crippen LogP contribution < -0.4 is 11.2 Å². The molecule has 0 spiro atoms. The maximum Gasteiger partial charge on any atom is 0.218 e. The smallest absolute Gasteiger partial charge is 0.218 e. The van der Waals surface area contributed by atoms with E-state index < -0.39 is 5.82 Å². The molecule has 0 saturated carbocycles. The Morgan fingerprint density at radius 1 is 1.58 bits per heavy atom. The zero-order valence-electron chi connectivity index (χ0n) is 6.16. The third-order valence-corrected chi connectivity index (χ3v) is 1.17. The molecule has 5 heteroatoms. The third kappa shape index (κ3) is 2.21. The molecule has 12 heavy (non-hydrogen) atoms. The van der Waals surface area contributed by atoms with Crippen molar-refractivity contribution in [3.8, 4) is 0 Å². The van der Waals surface area contributed by atoms with Crippen molar-refractivity contribution in [1.29, 1.82) is 0 Å². The second-order valence-electron chi connectivity index (χ2n) is 2.09. The number of nitrogens with zero attached hydrogens (tertiary/aromatic N) is 1. The summed E-state index contributed by atoms with van der Waals surface area (Å²) in [7, 11) is 0. The number of hydrogen-bond acceptors (Lipinski definition) is 2. The molecule has 0 saturated heterocycles. The first-order valence-corrected chi connectivity index (χ1v) is 3.22. The van der Waals surface area contributed by atoms with Gasteiger partial charge in [-0.05, 0) is 18.2 Å². The Labute approximate surface area is 68.5 Å². The molecule has 0 fully saturated rings. The van der Waals surface area contributed by atoms with Gasteiger partial charge in [-0.2, -0.15) is 0 Å². The molecule has 0 unspecified atom stereocenters. The van der Waals surface area contributed by atoms with Gasteiger partial charge in [-0.1, -0.05) is 6.07 Å². The van der Waals surface area contributed by atoms with E-state index in [1.54, 1.807) is 11.5 Å². The van der Waals surface area contributed by atoms with E-state index in [2.05, 4.69) is 4.99 Å². The fourth-order valence-corrected chi connectivity index (χ4v) is 0.710. The minimum atomic E-state index is -0.401. The van der Waals surface area contributed by atoms with Crippen LogP contribution >= 0.6 is 0 Å². The van der Waals surface area contributed by atoms with Crippen LogP contribution in [-0.4, -0.2) is 11.2 Å². The lowest BCUT2D eigenvalue weighted by Gasteiger charge is -1.96. The lowest BCUT2D eigenvalue weighted by Crippen LogP contribution is -2.27. The van der Waals surface area contributed by atoms with Crippen LogP contribution in [0.15, 0.2) is 29.3 Å². The molecule has 1 aromatic carbocycles. The molecular formula is C7H8FN3O. The first-order chi connectivity index (χ1) is 5.72. The summed E-state index contributed by atoms with van der Waals surface area (Å²) >= 11 is 0. The lowest BCUT2D eigenvalue weighted by atomic mass is 10.3. The summed E-state index contributed by atoms with van der Waals surface area (Å²) in [5, 5.41) is 8.27. The monoisotopic (exact) mass is 169 g/mol. The van der Waals surface area contributed by atoms with Crippen LogP contribution in [0.3, 0.4) is 0 Å². The number of hydroxylamine groups is 1. The van der Waals surface area contributed by atoms with Crippen molar-refractivity contribution in [1.82, 2.24) is 5.48 Å². The lowest BCUT2D eigenvalue weighted by molar-refractivity contribution is 0.233. The number of halogens is 1. The molecule has 4 N–H and O–H groups in total. The highest BCUT2D eigenvalue weighted by Crippen LogP contribution is 2.11. The number of guanidine groups is 1. The molecule has 0 amide bonds. The van der Waals surface area contributed by atoms with Crippen molar-refractivity contribution in [3.63, 3.8) is 0 Å². The Hall–Kier alpha value is -1.62. The van der Waals surface area contributed by atoms with Gasteiger partial charge in [0.05, 0.1) is 5.69 Å². The predicted molar refractivity (Wildman–Crippen MR) is 42.6 cm³/mol. The second kappa shape index (κ2) is 3.68. The molecule has 0 bridgehead atoms. The number of benzene rings is 1. The van der Waals surface area contributed by atoms with Crippen LogP contribution in [0.1, 0.15) is 0 Å². The van der Waals surface area contributed by atoms with Gasteiger partial charge in [0, 0.05) is 0 Å². The van der Waals surface area contributed by atoms with Crippen molar-refractivity contribution in [2.75, 3.05) is 0 Å². The molecule has 4 nitrogen and oxygen atoms in total. The minimum absolute atomic E-state index is 0.180. The fourth-order valence-electron chi connectivity index (χ4n) is 0.710. The van der Waals surface area contributed by atoms with Crippen LogP contribution in [0, 0.1) is 5.82 Å². The average molecular weight is 169 g/mol. The molecule has 1 rings (SSSR count). The van der Waals surface area contributed by atoms with Crippen LogP contribution in [0.5, 0.6) is 0 Å². The quantitative estimate of drug-likeness (QED) is 0.330. The van der Waals surface area contributed by atoms with E-state index in [1.165, 1.54) is 18.2 Å². The average Bonchev–Trinajstić information content (AvgIpc) is 2.04. The van der Waals surface area contributed by atoms with E-state index in [0.29, 0.717) is 5.69 Å². The number of hydrogen-bond donors (Lipinski definition) is 3. The van der Waals surface area contributed by atoms with Gasteiger partial charge >= 0.3 is 0 Å².